The molecular formula is C11H13BrF3NO. The van der Waals surface area contributed by atoms with Crippen molar-refractivity contribution in [1.29, 1.82) is 0 Å². The molecule has 17 heavy (non-hydrogen) atoms. The van der Waals surface area contributed by atoms with E-state index in [9.17, 15) is 13.2 Å². The van der Waals surface area contributed by atoms with Crippen molar-refractivity contribution in [3.8, 4) is 5.75 Å². The Kier molecular flexibility index (Phi) is 4.43. The summed E-state index contributed by atoms with van der Waals surface area (Å²) in [7, 11) is 0. The van der Waals surface area contributed by atoms with Crippen molar-refractivity contribution in [3.05, 3.63) is 28.2 Å². The van der Waals surface area contributed by atoms with Crippen molar-refractivity contribution in [1.82, 2.24) is 0 Å². The summed E-state index contributed by atoms with van der Waals surface area (Å²) in [5.41, 5.74) is 6.50. The molecule has 1 rings (SSSR count). The fourth-order valence-corrected chi connectivity index (χ4v) is 1.94. The number of nitrogens with two attached hydrogens (primary N) is 1. The van der Waals surface area contributed by atoms with Crippen molar-refractivity contribution >= 4 is 15.9 Å². The van der Waals surface area contributed by atoms with E-state index in [0.29, 0.717) is 4.47 Å². The predicted octanol–water partition coefficient (Wildman–Crippen LogP) is 3.80. The molecule has 0 fully saturated rings. The lowest BCUT2D eigenvalue weighted by Gasteiger charge is -2.18. The van der Waals surface area contributed by atoms with E-state index in [0.717, 1.165) is 12.5 Å². The molecule has 0 saturated heterocycles. The van der Waals surface area contributed by atoms with E-state index in [1.54, 1.807) is 13.0 Å². The molecule has 0 aliphatic heterocycles. The Labute approximate surface area is 106 Å². The summed E-state index contributed by atoms with van der Waals surface area (Å²) in [6, 6.07) is 4.42. The lowest BCUT2D eigenvalue weighted by Crippen LogP contribution is -2.31. The van der Waals surface area contributed by atoms with Gasteiger partial charge in [0.1, 0.15) is 5.75 Å². The van der Waals surface area contributed by atoms with E-state index >= 15 is 0 Å². The smallest absolute Gasteiger partial charge is 0.425 e. The zero-order valence-electron chi connectivity index (χ0n) is 9.38. The molecule has 1 aromatic rings. The van der Waals surface area contributed by atoms with Gasteiger partial charge in [-0.3, -0.25) is 0 Å². The average molecular weight is 312 g/mol. The van der Waals surface area contributed by atoms with Gasteiger partial charge in [0.25, 0.3) is 0 Å². The van der Waals surface area contributed by atoms with Crippen LogP contribution in [0.1, 0.15) is 25.5 Å². The summed E-state index contributed by atoms with van der Waals surface area (Å²) in [5.74, 6) is 0.158. The maximum Gasteiger partial charge on any atom is 0.425 e. The summed E-state index contributed by atoms with van der Waals surface area (Å²) >= 11 is 3.25. The minimum Gasteiger partial charge on any atom is -0.481 e. The number of hydrogen-bond acceptors (Lipinski definition) is 2. The van der Waals surface area contributed by atoms with Crippen molar-refractivity contribution in [2.24, 2.45) is 5.73 Å². The molecule has 0 aliphatic rings. The van der Waals surface area contributed by atoms with Gasteiger partial charge in [-0.05, 0) is 31.5 Å². The van der Waals surface area contributed by atoms with E-state index < -0.39 is 12.3 Å². The number of benzene rings is 1. The fraction of sp³-hybridized carbons (Fsp3) is 0.455. The van der Waals surface area contributed by atoms with E-state index in [2.05, 4.69) is 15.9 Å². The molecule has 0 saturated carbocycles. The Morgan fingerprint density at radius 3 is 2.29 bits per heavy atom. The van der Waals surface area contributed by atoms with Crippen LogP contribution in [0.25, 0.3) is 0 Å². The van der Waals surface area contributed by atoms with Gasteiger partial charge in [-0.15, -0.1) is 0 Å². The number of alkyl halides is 3. The number of halogens is 4. The molecule has 6 heteroatoms. The predicted molar refractivity (Wildman–Crippen MR) is 62.9 cm³/mol. The Morgan fingerprint density at radius 2 is 1.88 bits per heavy atom. The number of ether oxygens (including phenoxy) is 1. The van der Waals surface area contributed by atoms with Gasteiger partial charge in [-0.1, -0.05) is 22.0 Å². The topological polar surface area (TPSA) is 35.2 Å². The summed E-state index contributed by atoms with van der Waals surface area (Å²) in [4.78, 5) is 0. The summed E-state index contributed by atoms with van der Waals surface area (Å²) < 4.78 is 42.3. The summed E-state index contributed by atoms with van der Waals surface area (Å²) in [6.45, 7) is 2.76. The van der Waals surface area contributed by atoms with Gasteiger partial charge in [0.2, 0.25) is 0 Å². The van der Waals surface area contributed by atoms with Gasteiger partial charge < -0.3 is 10.5 Å². The third-order valence-corrected chi connectivity index (χ3v) is 2.92. The molecular weight excluding hydrogens is 299 g/mol. The number of rotatable bonds is 3. The lowest BCUT2D eigenvalue weighted by atomic mass is 10.1. The third kappa shape index (κ3) is 3.89. The molecule has 96 valence electrons. The van der Waals surface area contributed by atoms with Crippen LogP contribution in [-0.2, 0) is 0 Å². The Balaban J connectivity index is 2.85. The second-order valence-corrected chi connectivity index (χ2v) is 4.63. The zero-order chi connectivity index (χ0) is 13.2. The normalized spacial score (nSPS) is 15.5. The van der Waals surface area contributed by atoms with E-state index in [4.69, 9.17) is 10.5 Å². The highest BCUT2D eigenvalue weighted by Gasteiger charge is 2.38. The van der Waals surface area contributed by atoms with Crippen LogP contribution in [0.3, 0.4) is 0 Å². The molecule has 1 unspecified atom stereocenters. The molecule has 0 radical (unpaired) electrons. The maximum atomic E-state index is 12.3. The SMILES string of the molecule is CC(Oc1ccc([C@H](C)N)c(Br)c1)C(F)(F)F. The standard InChI is InChI=1S/C11H13BrF3NO/c1-6(16)9-4-3-8(5-10(9)12)17-7(2)11(13,14)15/h3-7H,16H2,1-2H3/t6-,7?/m0/s1. The van der Waals surface area contributed by atoms with Crippen LogP contribution in [0.2, 0.25) is 0 Å². The van der Waals surface area contributed by atoms with E-state index in [1.165, 1.54) is 12.1 Å². The second kappa shape index (κ2) is 5.27. The van der Waals surface area contributed by atoms with Crippen molar-refractivity contribution in [2.75, 3.05) is 0 Å². The molecule has 2 nitrogen and oxygen atoms in total. The number of hydrogen-bond donors (Lipinski definition) is 1. The lowest BCUT2D eigenvalue weighted by molar-refractivity contribution is -0.189. The monoisotopic (exact) mass is 311 g/mol. The molecule has 0 aromatic heterocycles. The first-order valence-corrected chi connectivity index (χ1v) is 5.79. The van der Waals surface area contributed by atoms with E-state index in [-0.39, 0.29) is 11.8 Å². The summed E-state index contributed by atoms with van der Waals surface area (Å²) in [5, 5.41) is 0. The van der Waals surface area contributed by atoms with Gasteiger partial charge >= 0.3 is 6.18 Å². The van der Waals surface area contributed by atoms with Crippen LogP contribution in [0.5, 0.6) is 5.75 Å². The van der Waals surface area contributed by atoms with Crippen LogP contribution in [-0.4, -0.2) is 12.3 Å². The molecule has 2 N–H and O–H groups in total. The first-order valence-electron chi connectivity index (χ1n) is 5.00. The largest absolute Gasteiger partial charge is 0.481 e. The molecule has 0 aliphatic carbocycles. The highest BCUT2D eigenvalue weighted by atomic mass is 79.9. The van der Waals surface area contributed by atoms with Gasteiger partial charge in [0, 0.05) is 10.5 Å². The minimum atomic E-state index is -4.37. The Hall–Kier alpha value is -0.750. The zero-order valence-corrected chi connectivity index (χ0v) is 11.0. The highest BCUT2D eigenvalue weighted by molar-refractivity contribution is 9.10. The van der Waals surface area contributed by atoms with Crippen molar-refractivity contribution < 1.29 is 17.9 Å². The maximum absolute atomic E-state index is 12.3. The molecule has 0 heterocycles. The Morgan fingerprint density at radius 1 is 1.29 bits per heavy atom. The Bertz CT molecular complexity index is 393. The van der Waals surface area contributed by atoms with Crippen LogP contribution >= 0.6 is 15.9 Å². The highest BCUT2D eigenvalue weighted by Crippen LogP contribution is 2.29. The van der Waals surface area contributed by atoms with Crippen molar-refractivity contribution in [3.63, 3.8) is 0 Å². The first kappa shape index (κ1) is 14.3. The van der Waals surface area contributed by atoms with Gasteiger partial charge in [0.15, 0.2) is 6.10 Å². The molecule has 2 atom stereocenters. The molecule has 1 aromatic carbocycles. The quantitative estimate of drug-likeness (QED) is 0.921. The minimum absolute atomic E-state index is 0.158. The molecule has 0 spiro atoms. The fourth-order valence-electron chi connectivity index (χ4n) is 1.22. The van der Waals surface area contributed by atoms with Crippen LogP contribution in [0.4, 0.5) is 13.2 Å². The third-order valence-electron chi connectivity index (χ3n) is 2.24. The summed E-state index contributed by atoms with van der Waals surface area (Å²) in [6.07, 6.45) is -6.21. The average Bonchev–Trinajstić information content (AvgIpc) is 2.15. The van der Waals surface area contributed by atoms with Gasteiger partial charge in [-0.2, -0.15) is 13.2 Å². The van der Waals surface area contributed by atoms with Crippen LogP contribution in [0, 0.1) is 0 Å². The second-order valence-electron chi connectivity index (χ2n) is 3.77. The van der Waals surface area contributed by atoms with Crippen LogP contribution < -0.4 is 10.5 Å². The molecule has 0 amide bonds. The van der Waals surface area contributed by atoms with Gasteiger partial charge in [-0.25, -0.2) is 0 Å². The van der Waals surface area contributed by atoms with Gasteiger partial charge in [0.05, 0.1) is 0 Å². The van der Waals surface area contributed by atoms with Crippen molar-refractivity contribution in [2.45, 2.75) is 32.2 Å². The van der Waals surface area contributed by atoms with E-state index in [1.807, 2.05) is 0 Å². The molecule has 0 bridgehead atoms. The van der Waals surface area contributed by atoms with Crippen LogP contribution in [0.15, 0.2) is 22.7 Å². The first-order chi connectivity index (χ1) is 7.71.